The standard InChI is InChI=1S/C15H18N2O4/c1-16(10-13(18)19)15(21)12-8-5-9-17(12)14(20)11-6-3-2-4-7-11/h2-4,6-7,12H,5,8-10H2,1H3,(H,18,19). The number of carbonyl (C=O) groups is 3. The third-order valence-electron chi connectivity index (χ3n) is 3.57. The molecule has 1 atom stereocenters. The highest BCUT2D eigenvalue weighted by atomic mass is 16.4. The maximum atomic E-state index is 12.4. The van der Waals surface area contributed by atoms with Crippen LogP contribution in [0.15, 0.2) is 30.3 Å². The third kappa shape index (κ3) is 3.39. The third-order valence-corrected chi connectivity index (χ3v) is 3.57. The van der Waals surface area contributed by atoms with Crippen LogP contribution >= 0.6 is 0 Å². The molecule has 2 amide bonds. The van der Waals surface area contributed by atoms with Gasteiger partial charge < -0.3 is 14.9 Å². The minimum absolute atomic E-state index is 0.185. The van der Waals surface area contributed by atoms with Crippen molar-refractivity contribution in [2.75, 3.05) is 20.1 Å². The highest BCUT2D eigenvalue weighted by Gasteiger charge is 2.36. The molecule has 1 saturated heterocycles. The van der Waals surface area contributed by atoms with Crippen molar-refractivity contribution in [1.82, 2.24) is 9.80 Å². The van der Waals surface area contributed by atoms with E-state index in [0.717, 1.165) is 11.3 Å². The SMILES string of the molecule is CN(CC(=O)O)C(=O)C1CCCN1C(=O)c1ccccc1. The van der Waals surface area contributed by atoms with Gasteiger partial charge in [-0.15, -0.1) is 0 Å². The lowest BCUT2D eigenvalue weighted by Gasteiger charge is -2.27. The summed E-state index contributed by atoms with van der Waals surface area (Å²) in [4.78, 5) is 38.1. The number of carboxylic acid groups (broad SMARTS) is 1. The number of carboxylic acids is 1. The fraction of sp³-hybridized carbons (Fsp3) is 0.400. The summed E-state index contributed by atoms with van der Waals surface area (Å²) in [5, 5.41) is 8.75. The minimum Gasteiger partial charge on any atom is -0.480 e. The maximum Gasteiger partial charge on any atom is 0.323 e. The number of likely N-dealkylation sites (N-methyl/N-ethyl adjacent to an activating group) is 1. The van der Waals surface area contributed by atoms with Crippen molar-refractivity contribution >= 4 is 17.8 Å². The molecule has 0 radical (unpaired) electrons. The van der Waals surface area contributed by atoms with E-state index in [4.69, 9.17) is 5.11 Å². The first-order valence-corrected chi connectivity index (χ1v) is 6.83. The van der Waals surface area contributed by atoms with Crippen LogP contribution in [0.3, 0.4) is 0 Å². The molecular weight excluding hydrogens is 272 g/mol. The molecule has 1 heterocycles. The van der Waals surface area contributed by atoms with Gasteiger partial charge in [0.15, 0.2) is 0 Å². The predicted octanol–water partition coefficient (Wildman–Crippen LogP) is 0.834. The van der Waals surface area contributed by atoms with Crippen LogP contribution in [0.5, 0.6) is 0 Å². The molecular formula is C15H18N2O4. The van der Waals surface area contributed by atoms with Crippen LogP contribution in [-0.4, -0.2) is 58.9 Å². The first kappa shape index (κ1) is 15.0. The fourth-order valence-corrected chi connectivity index (χ4v) is 2.55. The number of hydrogen-bond donors (Lipinski definition) is 1. The Labute approximate surface area is 123 Å². The van der Waals surface area contributed by atoms with E-state index >= 15 is 0 Å². The topological polar surface area (TPSA) is 77.9 Å². The van der Waals surface area contributed by atoms with Gasteiger partial charge >= 0.3 is 5.97 Å². The summed E-state index contributed by atoms with van der Waals surface area (Å²) >= 11 is 0. The zero-order valence-electron chi connectivity index (χ0n) is 11.9. The lowest BCUT2D eigenvalue weighted by atomic mass is 10.1. The Kier molecular flexibility index (Phi) is 4.57. The lowest BCUT2D eigenvalue weighted by Crippen LogP contribution is -2.47. The largest absolute Gasteiger partial charge is 0.480 e. The van der Waals surface area contributed by atoms with E-state index in [0.29, 0.717) is 18.5 Å². The van der Waals surface area contributed by atoms with Gasteiger partial charge in [0.2, 0.25) is 5.91 Å². The van der Waals surface area contributed by atoms with Crippen molar-refractivity contribution in [1.29, 1.82) is 0 Å². The second kappa shape index (κ2) is 6.39. The molecule has 1 unspecified atom stereocenters. The molecule has 6 nitrogen and oxygen atoms in total. The number of nitrogens with zero attached hydrogens (tertiary/aromatic N) is 2. The number of amides is 2. The summed E-state index contributed by atoms with van der Waals surface area (Å²) < 4.78 is 0. The predicted molar refractivity (Wildman–Crippen MR) is 75.8 cm³/mol. The van der Waals surface area contributed by atoms with E-state index in [1.165, 1.54) is 11.9 Å². The molecule has 0 aromatic heterocycles. The number of aliphatic carboxylic acids is 1. The average Bonchev–Trinajstić information content (AvgIpc) is 2.95. The molecule has 1 fully saturated rings. The smallest absolute Gasteiger partial charge is 0.323 e. The van der Waals surface area contributed by atoms with Gasteiger partial charge in [-0.3, -0.25) is 14.4 Å². The first-order chi connectivity index (χ1) is 10.0. The Bertz CT molecular complexity index is 544. The van der Waals surface area contributed by atoms with Crippen LogP contribution < -0.4 is 0 Å². The summed E-state index contributed by atoms with van der Waals surface area (Å²) in [6, 6.07) is 8.23. The highest BCUT2D eigenvalue weighted by Crippen LogP contribution is 2.21. The number of carbonyl (C=O) groups excluding carboxylic acids is 2. The van der Waals surface area contributed by atoms with E-state index in [1.807, 2.05) is 6.07 Å². The molecule has 1 aliphatic rings. The summed E-state index contributed by atoms with van der Waals surface area (Å²) in [7, 11) is 1.44. The van der Waals surface area contributed by atoms with Crippen LogP contribution in [0.1, 0.15) is 23.2 Å². The summed E-state index contributed by atoms with van der Waals surface area (Å²) in [5.74, 6) is -1.57. The minimum atomic E-state index is -1.07. The van der Waals surface area contributed by atoms with Crippen LogP contribution in [0.4, 0.5) is 0 Å². The second-order valence-corrected chi connectivity index (χ2v) is 5.11. The second-order valence-electron chi connectivity index (χ2n) is 5.11. The van der Waals surface area contributed by atoms with Crippen molar-refractivity contribution in [3.05, 3.63) is 35.9 Å². The fourth-order valence-electron chi connectivity index (χ4n) is 2.55. The van der Waals surface area contributed by atoms with Crippen LogP contribution in [0.25, 0.3) is 0 Å². The van der Waals surface area contributed by atoms with E-state index in [-0.39, 0.29) is 18.4 Å². The normalized spacial score (nSPS) is 17.6. The monoisotopic (exact) mass is 290 g/mol. The van der Waals surface area contributed by atoms with E-state index < -0.39 is 12.0 Å². The number of likely N-dealkylation sites (tertiary alicyclic amines) is 1. The van der Waals surface area contributed by atoms with Crippen molar-refractivity contribution in [3.8, 4) is 0 Å². The van der Waals surface area contributed by atoms with Crippen molar-refractivity contribution in [2.24, 2.45) is 0 Å². The molecule has 0 bridgehead atoms. The molecule has 1 aliphatic heterocycles. The zero-order chi connectivity index (χ0) is 15.4. The molecule has 6 heteroatoms. The van der Waals surface area contributed by atoms with Gasteiger partial charge in [0.1, 0.15) is 12.6 Å². The van der Waals surface area contributed by atoms with Gasteiger partial charge in [0, 0.05) is 19.2 Å². The molecule has 0 saturated carbocycles. The van der Waals surface area contributed by atoms with E-state index in [1.54, 1.807) is 24.3 Å². The Morgan fingerprint density at radius 2 is 1.95 bits per heavy atom. The summed E-state index contributed by atoms with van der Waals surface area (Å²) in [6.07, 6.45) is 1.32. The van der Waals surface area contributed by atoms with Crippen molar-refractivity contribution in [3.63, 3.8) is 0 Å². The van der Waals surface area contributed by atoms with Crippen LogP contribution in [0, 0.1) is 0 Å². The molecule has 0 spiro atoms. The maximum absolute atomic E-state index is 12.4. The Morgan fingerprint density at radius 3 is 2.57 bits per heavy atom. The van der Waals surface area contributed by atoms with Gasteiger partial charge in [0.25, 0.3) is 5.91 Å². The quantitative estimate of drug-likeness (QED) is 0.891. The molecule has 1 aromatic rings. The first-order valence-electron chi connectivity index (χ1n) is 6.83. The molecule has 21 heavy (non-hydrogen) atoms. The highest BCUT2D eigenvalue weighted by molar-refractivity contribution is 5.98. The summed E-state index contributed by atoms with van der Waals surface area (Å²) in [5.41, 5.74) is 0.540. The Morgan fingerprint density at radius 1 is 1.29 bits per heavy atom. The van der Waals surface area contributed by atoms with E-state index in [9.17, 15) is 14.4 Å². The molecule has 2 rings (SSSR count). The van der Waals surface area contributed by atoms with Gasteiger partial charge in [-0.1, -0.05) is 18.2 Å². The van der Waals surface area contributed by atoms with Gasteiger partial charge in [-0.05, 0) is 25.0 Å². The number of benzene rings is 1. The van der Waals surface area contributed by atoms with Gasteiger partial charge in [-0.2, -0.15) is 0 Å². The lowest BCUT2D eigenvalue weighted by molar-refractivity contribution is -0.145. The molecule has 112 valence electrons. The average molecular weight is 290 g/mol. The molecule has 0 aliphatic carbocycles. The van der Waals surface area contributed by atoms with Crippen LogP contribution in [0.2, 0.25) is 0 Å². The molecule has 1 aromatic carbocycles. The van der Waals surface area contributed by atoms with Crippen molar-refractivity contribution in [2.45, 2.75) is 18.9 Å². The molecule has 1 N–H and O–H groups in total. The number of rotatable bonds is 4. The zero-order valence-corrected chi connectivity index (χ0v) is 11.9. The van der Waals surface area contributed by atoms with E-state index in [2.05, 4.69) is 0 Å². The van der Waals surface area contributed by atoms with Gasteiger partial charge in [0.05, 0.1) is 0 Å². The van der Waals surface area contributed by atoms with Gasteiger partial charge in [-0.25, -0.2) is 0 Å². The summed E-state index contributed by atoms with van der Waals surface area (Å²) in [6.45, 7) is 0.160. The Hall–Kier alpha value is -2.37. The van der Waals surface area contributed by atoms with Crippen LogP contribution in [-0.2, 0) is 9.59 Å². The Balaban J connectivity index is 2.11. The van der Waals surface area contributed by atoms with Crippen molar-refractivity contribution < 1.29 is 19.5 Å². The number of hydrogen-bond acceptors (Lipinski definition) is 3.